The fourth-order valence-electron chi connectivity index (χ4n) is 2.74. The predicted molar refractivity (Wildman–Crippen MR) is 107 cm³/mol. The van der Waals surface area contributed by atoms with E-state index in [0.717, 1.165) is 4.57 Å². The minimum Gasteiger partial charge on any atom is -0.493 e. The van der Waals surface area contributed by atoms with Crippen molar-refractivity contribution in [3.05, 3.63) is 81.0 Å². The highest BCUT2D eigenvalue weighted by Gasteiger charge is 2.17. The first-order valence-corrected chi connectivity index (χ1v) is 8.44. The third kappa shape index (κ3) is 3.90. The maximum atomic E-state index is 12.3. The highest BCUT2D eigenvalue weighted by Crippen LogP contribution is 2.21. The van der Waals surface area contributed by atoms with Gasteiger partial charge in [-0.1, -0.05) is 18.2 Å². The molecule has 0 spiro atoms. The summed E-state index contributed by atoms with van der Waals surface area (Å²) in [5.41, 5.74) is 0.195. The molecule has 0 fully saturated rings. The van der Waals surface area contributed by atoms with E-state index in [1.165, 1.54) is 6.92 Å². The summed E-state index contributed by atoms with van der Waals surface area (Å²) < 4.78 is 1.01. The number of aromatic nitrogens is 2. The van der Waals surface area contributed by atoms with Gasteiger partial charge in [0, 0.05) is 12.6 Å². The Bertz CT molecular complexity index is 1160. The normalized spacial score (nSPS) is 11.3. The number of carbonyl (C=O) groups excluding carboxylic acids is 1. The van der Waals surface area contributed by atoms with Crippen LogP contribution in [-0.2, 0) is 4.79 Å². The third-order valence-corrected chi connectivity index (χ3v) is 3.95. The van der Waals surface area contributed by atoms with Crippen LogP contribution < -0.4 is 16.6 Å². The Kier molecular flexibility index (Phi) is 5.21. The Hall–Kier alpha value is -3.94. The van der Waals surface area contributed by atoms with Crippen LogP contribution in [0.1, 0.15) is 19.4 Å². The van der Waals surface area contributed by atoms with Gasteiger partial charge in [-0.2, -0.15) is 0 Å². The van der Waals surface area contributed by atoms with E-state index in [9.17, 15) is 19.5 Å². The van der Waals surface area contributed by atoms with Crippen LogP contribution in [-0.4, -0.2) is 26.3 Å². The Morgan fingerprint density at radius 2 is 1.68 bits per heavy atom. The van der Waals surface area contributed by atoms with Crippen molar-refractivity contribution in [2.75, 3.05) is 5.32 Å². The van der Waals surface area contributed by atoms with Crippen molar-refractivity contribution < 1.29 is 9.90 Å². The number of anilines is 1. The van der Waals surface area contributed by atoms with Gasteiger partial charge in [0.05, 0.1) is 17.1 Å². The minimum absolute atomic E-state index is 0.102. The summed E-state index contributed by atoms with van der Waals surface area (Å²) >= 11 is 0. The van der Waals surface area contributed by atoms with Gasteiger partial charge in [-0.15, -0.1) is 0 Å². The summed E-state index contributed by atoms with van der Waals surface area (Å²) in [7, 11) is 0. The summed E-state index contributed by atoms with van der Waals surface area (Å²) in [5, 5.41) is 13.3. The van der Waals surface area contributed by atoms with Crippen LogP contribution in [0.2, 0.25) is 0 Å². The highest BCUT2D eigenvalue weighted by molar-refractivity contribution is 6.01. The van der Waals surface area contributed by atoms with Crippen LogP contribution in [0.5, 0.6) is 5.88 Å². The van der Waals surface area contributed by atoms with E-state index in [1.54, 1.807) is 61.5 Å². The Morgan fingerprint density at radius 1 is 1.04 bits per heavy atom. The molecule has 0 radical (unpaired) electrons. The largest absolute Gasteiger partial charge is 0.493 e. The number of carbonyl (C=O) groups is 1. The summed E-state index contributed by atoms with van der Waals surface area (Å²) in [5.74, 6) is -0.678. The molecule has 0 atom stereocenters. The molecule has 0 aliphatic rings. The number of hydrogen-bond donors (Lipinski definition) is 3. The molecule has 1 heterocycles. The zero-order valence-corrected chi connectivity index (χ0v) is 15.3. The summed E-state index contributed by atoms with van der Waals surface area (Å²) in [6.07, 6.45) is 0. The number of aromatic hydroxyl groups is 1. The number of H-pyrrole nitrogens is 1. The number of hydrogen-bond acceptors (Lipinski definition) is 5. The lowest BCUT2D eigenvalue weighted by atomic mass is 10.2. The monoisotopic (exact) mass is 378 g/mol. The van der Waals surface area contributed by atoms with Gasteiger partial charge in [0.25, 0.3) is 5.56 Å². The number of nitrogens with one attached hydrogen (secondary N) is 2. The minimum atomic E-state index is -0.745. The van der Waals surface area contributed by atoms with Gasteiger partial charge in [0.2, 0.25) is 11.8 Å². The molecule has 1 aromatic heterocycles. The quantitative estimate of drug-likeness (QED) is 0.604. The molecular weight excluding hydrogens is 360 g/mol. The van der Waals surface area contributed by atoms with Crippen molar-refractivity contribution in [2.45, 2.75) is 13.8 Å². The van der Waals surface area contributed by atoms with Crippen molar-refractivity contribution in [2.24, 2.45) is 4.99 Å². The van der Waals surface area contributed by atoms with Gasteiger partial charge in [-0.25, -0.2) is 9.36 Å². The number of aromatic amines is 1. The number of nitrogens with zero attached hydrogens (tertiary/aromatic N) is 2. The molecule has 0 saturated heterocycles. The smallest absolute Gasteiger partial charge is 0.335 e. The number of para-hydroxylation sites is 1. The first kappa shape index (κ1) is 18.8. The fourth-order valence-corrected chi connectivity index (χ4v) is 2.74. The van der Waals surface area contributed by atoms with E-state index >= 15 is 0 Å². The third-order valence-electron chi connectivity index (χ3n) is 3.95. The summed E-state index contributed by atoms with van der Waals surface area (Å²) in [4.78, 5) is 42.1. The van der Waals surface area contributed by atoms with Gasteiger partial charge in [-0.3, -0.25) is 19.6 Å². The number of amides is 1. The molecule has 1 amide bonds. The van der Waals surface area contributed by atoms with Gasteiger partial charge in [0.1, 0.15) is 5.56 Å². The zero-order chi connectivity index (χ0) is 20.3. The highest BCUT2D eigenvalue weighted by atomic mass is 16.3. The van der Waals surface area contributed by atoms with E-state index in [2.05, 4.69) is 15.3 Å². The molecule has 0 bridgehead atoms. The molecule has 8 nitrogen and oxygen atoms in total. The first-order chi connectivity index (χ1) is 13.4. The van der Waals surface area contributed by atoms with Crippen LogP contribution in [0.3, 0.4) is 0 Å². The molecule has 3 rings (SSSR count). The number of benzene rings is 2. The molecule has 2 aromatic carbocycles. The Labute approximate surface area is 159 Å². The molecule has 142 valence electrons. The molecule has 0 saturated carbocycles. The van der Waals surface area contributed by atoms with Crippen molar-refractivity contribution >= 4 is 23.0 Å². The molecule has 28 heavy (non-hydrogen) atoms. The van der Waals surface area contributed by atoms with Gasteiger partial charge in [0.15, 0.2) is 0 Å². The van der Waals surface area contributed by atoms with E-state index in [0.29, 0.717) is 17.1 Å². The van der Waals surface area contributed by atoms with Crippen LogP contribution in [0.25, 0.3) is 5.69 Å². The topological polar surface area (TPSA) is 117 Å². The van der Waals surface area contributed by atoms with Gasteiger partial charge < -0.3 is 10.4 Å². The van der Waals surface area contributed by atoms with Crippen LogP contribution in [0.15, 0.2) is 69.2 Å². The molecular formula is C20H18N4O4. The van der Waals surface area contributed by atoms with E-state index in [-0.39, 0.29) is 17.2 Å². The second-order valence-corrected chi connectivity index (χ2v) is 6.05. The lowest BCUT2D eigenvalue weighted by Gasteiger charge is -2.11. The second-order valence-electron chi connectivity index (χ2n) is 6.05. The second kappa shape index (κ2) is 7.75. The molecule has 3 aromatic rings. The average Bonchev–Trinajstić information content (AvgIpc) is 2.63. The Balaban J connectivity index is 2.05. The van der Waals surface area contributed by atoms with Gasteiger partial charge in [-0.05, 0) is 43.3 Å². The Morgan fingerprint density at radius 3 is 2.29 bits per heavy atom. The van der Waals surface area contributed by atoms with Crippen molar-refractivity contribution in [3.63, 3.8) is 0 Å². The SMILES string of the molecule is CC(=O)Nc1ccc(N=C(C)c2c(O)n(-c3ccccc3)c(=O)[nH]c2=O)cc1. The number of aliphatic imine (C=N–C) groups is 1. The van der Waals surface area contributed by atoms with E-state index < -0.39 is 17.1 Å². The maximum absolute atomic E-state index is 12.3. The molecule has 0 unspecified atom stereocenters. The molecule has 0 aliphatic heterocycles. The average molecular weight is 378 g/mol. The first-order valence-electron chi connectivity index (χ1n) is 8.44. The lowest BCUT2D eigenvalue weighted by molar-refractivity contribution is -0.114. The van der Waals surface area contributed by atoms with Crippen LogP contribution in [0, 0.1) is 0 Å². The predicted octanol–water partition coefficient (Wildman–Crippen LogP) is 2.33. The van der Waals surface area contributed by atoms with Crippen molar-refractivity contribution in [1.82, 2.24) is 9.55 Å². The molecule has 0 aliphatic carbocycles. The summed E-state index contributed by atoms with van der Waals surface area (Å²) in [6, 6.07) is 15.1. The summed E-state index contributed by atoms with van der Waals surface area (Å²) in [6.45, 7) is 2.97. The van der Waals surface area contributed by atoms with Crippen molar-refractivity contribution in [3.8, 4) is 11.6 Å². The number of rotatable bonds is 4. The fraction of sp³-hybridized carbons (Fsp3) is 0.100. The van der Waals surface area contributed by atoms with Crippen LogP contribution >= 0.6 is 0 Å². The standard InChI is InChI=1S/C20H18N4O4/c1-12(21-14-8-10-15(11-9-14)22-13(2)25)17-18(26)23-20(28)24(19(17)27)16-6-4-3-5-7-16/h3-11,27H,1-2H3,(H,22,25)(H,23,26,28). The maximum Gasteiger partial charge on any atom is 0.335 e. The zero-order valence-electron chi connectivity index (χ0n) is 15.3. The van der Waals surface area contributed by atoms with E-state index in [4.69, 9.17) is 0 Å². The molecule has 8 heteroatoms. The van der Waals surface area contributed by atoms with Crippen LogP contribution in [0.4, 0.5) is 11.4 Å². The lowest BCUT2D eigenvalue weighted by Crippen LogP contribution is -2.32. The van der Waals surface area contributed by atoms with Crippen molar-refractivity contribution in [1.29, 1.82) is 0 Å². The molecule has 3 N–H and O–H groups in total. The van der Waals surface area contributed by atoms with Gasteiger partial charge >= 0.3 is 5.69 Å². The van der Waals surface area contributed by atoms with E-state index in [1.807, 2.05) is 0 Å².